The summed E-state index contributed by atoms with van der Waals surface area (Å²) < 4.78 is 63.4. The van der Waals surface area contributed by atoms with Crippen LogP contribution in [0, 0.1) is 26.3 Å². The summed E-state index contributed by atoms with van der Waals surface area (Å²) in [5.74, 6) is -1.28. The molecule has 0 saturated carbocycles. The molecule has 0 aliphatic carbocycles. The van der Waals surface area contributed by atoms with Gasteiger partial charge in [-0.2, -0.15) is 30.3 Å². The number of carbonyl (C=O) groups is 4. The number of carboxylic acids is 1. The SMILES string of the molecule is C.CC(=O)O.NC(=O)c1cc[c-]cc1.NC(=O)c1ccc(O[B]O)cc1.O=CO[O-].O=[N+]([O-])c1ccc(S(=O)(=O)[N-]c2cccc3ccc4cccnc4c23)cc1.O=[N+]([O-])c1ccc(S(=O)(=O)[N-]c2cccc3ccc4cccnc4c23)cc1.[H-].[K+].[K+].[Pd+2].[Pd].c1ccncc1.c1ccncc1. The number of nitrogens with two attached hydrogens (primary N) is 2. The van der Waals surface area contributed by atoms with E-state index in [9.17, 15) is 46.7 Å². The summed E-state index contributed by atoms with van der Waals surface area (Å²) in [6, 6.07) is 61.5. The van der Waals surface area contributed by atoms with Gasteiger partial charge in [0.05, 0.1) is 30.7 Å². The number of nitrogens with zero attached hydrogens (tertiary/aromatic N) is 8. The van der Waals surface area contributed by atoms with Gasteiger partial charge in [0.15, 0.2) is 0 Å². The first-order valence-corrected chi connectivity index (χ1v) is 29.9. The average Bonchev–Trinajstić information content (AvgIpc) is 0.777. The van der Waals surface area contributed by atoms with Gasteiger partial charge in [-0.15, -0.1) is 11.4 Å². The van der Waals surface area contributed by atoms with Crippen LogP contribution in [0.2, 0.25) is 0 Å². The van der Waals surface area contributed by atoms with Gasteiger partial charge in [-0.3, -0.25) is 59.3 Å². The fourth-order valence-corrected chi connectivity index (χ4v) is 9.71. The van der Waals surface area contributed by atoms with E-state index in [2.05, 4.69) is 45.0 Å². The molecule has 0 saturated heterocycles. The van der Waals surface area contributed by atoms with Crippen molar-refractivity contribution in [3.8, 4) is 5.75 Å². The van der Waals surface area contributed by atoms with Crippen LogP contribution < -0.4 is 124 Å². The van der Waals surface area contributed by atoms with Gasteiger partial charge < -0.3 is 47.3 Å². The van der Waals surface area contributed by atoms with Crippen molar-refractivity contribution in [3.63, 3.8) is 0 Å². The van der Waals surface area contributed by atoms with Crippen molar-refractivity contribution < 1.29 is 216 Å². The maximum absolute atomic E-state index is 12.7. The standard InChI is InChI=1S/2C19H12N3O4S.C7H7BNO3.C7H6NO.2C5H5N.C2H4O2.CH2O3.CH4.2K.2Pd.H/c2*23-22(24)15-8-10-16(11-9-15)27(25,26)21-17-5-1-3-13-6-7-14-4-2-12-20-19(14)18(13)17;9-7(10)5-1-3-6(4-2-5)12-8-11;8-7(9)6-4-2-1-3-5-6;2*1-2-4-6-5-3-1;1-2(3)4;2-1-4-3;;;;;;/h2*1-12H;1-4,11H,(H2,9,10);2-5H,(H2,8,9);2*1-5H;1H3,(H,3,4);1,3H;1H4;;;;;/q2*-1;;-1;;;;;;2*+1;;+2;-1/p-1. The summed E-state index contributed by atoms with van der Waals surface area (Å²) in [7, 11) is -7.51. The molecule has 0 fully saturated rings. The number of hydrogen-bond acceptors (Lipinski definition) is 20. The second-order valence-electron chi connectivity index (χ2n) is 18.2. The van der Waals surface area contributed by atoms with Gasteiger partial charge in [-0.25, -0.2) is 16.8 Å². The van der Waals surface area contributed by atoms with Gasteiger partial charge in [0.25, 0.3) is 23.8 Å². The number of pyridine rings is 4. The molecule has 100 heavy (non-hydrogen) atoms. The smallest absolute Gasteiger partial charge is 1.00 e. The maximum Gasteiger partial charge on any atom is 2.00 e. The number of rotatable bonds is 13. The summed E-state index contributed by atoms with van der Waals surface area (Å²) in [5.41, 5.74) is 12.4. The molecule has 1 radical (unpaired) electrons. The van der Waals surface area contributed by atoms with Crippen LogP contribution in [-0.4, -0.2) is 88.7 Å². The Balaban J connectivity index is 0. The summed E-state index contributed by atoms with van der Waals surface area (Å²) in [6.07, 6.45) is 10.3. The number of nitro benzene ring substituents is 2. The molecule has 27 nitrogen and oxygen atoms in total. The first-order chi connectivity index (χ1) is 45.6. The minimum atomic E-state index is -4.04. The van der Waals surface area contributed by atoms with E-state index in [1.54, 1.807) is 85.7 Å². The maximum atomic E-state index is 12.7. The molecule has 0 bridgehead atoms. The molecule has 2 amide bonds. The van der Waals surface area contributed by atoms with Crippen LogP contribution in [0.1, 0.15) is 36.5 Å². The predicted molar refractivity (Wildman–Crippen MR) is 359 cm³/mol. The molecule has 0 aliphatic heterocycles. The Kier molecular flexibility index (Phi) is 44.8. The third-order valence-corrected chi connectivity index (χ3v) is 14.4. The fourth-order valence-electron chi connectivity index (χ4n) is 7.72. The second kappa shape index (κ2) is 48.7. The number of hydrogen-bond donors (Lipinski definition) is 4. The number of sulfonamides is 2. The molecule has 4 aromatic heterocycles. The van der Waals surface area contributed by atoms with E-state index in [4.69, 9.17) is 36.4 Å². The van der Waals surface area contributed by atoms with Gasteiger partial charge >= 0.3 is 131 Å². The Morgan fingerprint density at radius 1 is 0.550 bits per heavy atom. The number of benzene rings is 8. The van der Waals surface area contributed by atoms with Gasteiger partial charge in [-0.1, -0.05) is 97.9 Å². The Morgan fingerprint density at radius 3 is 1.18 bits per heavy atom. The molecule has 12 rings (SSSR count). The van der Waals surface area contributed by atoms with Crippen molar-refractivity contribution in [1.29, 1.82) is 0 Å². The second-order valence-corrected chi connectivity index (χ2v) is 21.4. The van der Waals surface area contributed by atoms with Crippen molar-refractivity contribution in [2.75, 3.05) is 0 Å². The number of primary amides is 2. The van der Waals surface area contributed by atoms with Crippen LogP contribution in [0.4, 0.5) is 22.7 Å². The average molecular weight is 1630 g/mol. The number of carbonyl (C=O) groups excluding carboxylic acids is 3. The Hall–Kier alpha value is -8.04. The monoisotopic (exact) mass is 1630 g/mol. The molecule has 6 N–H and O–H groups in total. The molecule has 8 aromatic carbocycles. The summed E-state index contributed by atoms with van der Waals surface area (Å²) in [4.78, 5) is 77.7. The topological polar surface area (TPSA) is 437 Å². The third kappa shape index (κ3) is 30.8. The predicted octanol–water partition coefficient (Wildman–Crippen LogP) is 5.10. The van der Waals surface area contributed by atoms with Crippen LogP contribution >= 0.6 is 0 Å². The van der Waals surface area contributed by atoms with E-state index in [0.717, 1.165) is 52.7 Å². The first kappa shape index (κ1) is 92.0. The quantitative estimate of drug-likeness (QED) is 0.0222. The summed E-state index contributed by atoms with van der Waals surface area (Å²) in [5, 5.41) is 50.3. The number of amides is 2. The van der Waals surface area contributed by atoms with E-state index in [-0.39, 0.29) is 191 Å². The van der Waals surface area contributed by atoms with Crippen LogP contribution in [0.3, 0.4) is 0 Å². The van der Waals surface area contributed by atoms with E-state index in [0.29, 0.717) is 46.4 Å². The number of aromatic nitrogens is 4. The Labute approximate surface area is 688 Å². The number of non-ortho nitro benzene ring substituents is 2. The zero-order valence-electron chi connectivity index (χ0n) is 53.1. The summed E-state index contributed by atoms with van der Waals surface area (Å²) >= 11 is 0. The minimum absolute atomic E-state index is 0. The number of aliphatic carboxylic acids is 1. The van der Waals surface area contributed by atoms with Crippen LogP contribution in [-0.2, 0) is 75.4 Å². The van der Waals surface area contributed by atoms with E-state index in [1.165, 1.54) is 48.5 Å². The largest absolute Gasteiger partial charge is 2.00 e. The van der Waals surface area contributed by atoms with Gasteiger partial charge in [0, 0.05) is 105 Å². The first-order valence-electron chi connectivity index (χ1n) is 27.0. The van der Waals surface area contributed by atoms with Gasteiger partial charge in [0.2, 0.25) is 11.8 Å². The molecule has 12 aromatic rings. The Morgan fingerprint density at radius 2 is 0.890 bits per heavy atom. The normalized spacial score (nSPS) is 9.55. The van der Waals surface area contributed by atoms with E-state index in [1.807, 2.05) is 97.1 Å². The van der Waals surface area contributed by atoms with Gasteiger partial charge in [-0.05, 0) is 106 Å². The zero-order valence-corrected chi connectivity index (χ0v) is 63.1. The zero-order chi connectivity index (χ0) is 69.2. The number of nitro groups is 2. The van der Waals surface area contributed by atoms with E-state index >= 15 is 0 Å². The van der Waals surface area contributed by atoms with Crippen molar-refractivity contribution in [3.05, 3.63) is 302 Å². The Bertz CT molecular complexity index is 4460. The molecular weight excluding hydrogens is 1570 g/mol. The third-order valence-electron chi connectivity index (χ3n) is 11.8. The van der Waals surface area contributed by atoms with Crippen LogP contribution in [0.25, 0.3) is 52.8 Å². The molecule has 0 spiro atoms. The van der Waals surface area contributed by atoms with Gasteiger partial charge in [0.1, 0.15) is 25.8 Å². The fraction of sp³-hybridized carbons (Fsp3) is 0.0303. The molecular formula is C66H57BK2N10O17Pd2S2-. The van der Waals surface area contributed by atoms with Crippen molar-refractivity contribution >= 4 is 118 Å². The number of carboxylic acid groups (broad SMARTS) is 1. The van der Waals surface area contributed by atoms with E-state index < -0.39 is 47.7 Å². The van der Waals surface area contributed by atoms with Crippen molar-refractivity contribution in [2.45, 2.75) is 24.1 Å². The molecule has 0 unspecified atom stereocenters. The van der Waals surface area contributed by atoms with Crippen molar-refractivity contribution in [1.82, 2.24) is 19.9 Å². The molecule has 34 heteroatoms. The molecule has 511 valence electrons. The molecule has 0 aliphatic rings. The number of fused-ring (bicyclic) bond motifs is 6. The minimum Gasteiger partial charge on any atom is -1.00 e. The van der Waals surface area contributed by atoms with Crippen LogP contribution in [0.15, 0.2) is 265 Å². The van der Waals surface area contributed by atoms with Crippen molar-refractivity contribution in [2.24, 2.45) is 11.5 Å². The summed E-state index contributed by atoms with van der Waals surface area (Å²) in [6.45, 7) is 0.903. The molecule has 0 atom stereocenters. The van der Waals surface area contributed by atoms with Crippen LogP contribution in [0.5, 0.6) is 5.75 Å². The molecule has 4 heterocycles.